The van der Waals surface area contributed by atoms with Gasteiger partial charge in [0.15, 0.2) is 4.67 Å². The van der Waals surface area contributed by atoms with E-state index in [0.29, 0.717) is 18.1 Å². The lowest BCUT2D eigenvalue weighted by Crippen LogP contribution is -2.49. The Morgan fingerprint density at radius 2 is 2.29 bits per heavy atom. The van der Waals surface area contributed by atoms with Gasteiger partial charge in [0.05, 0.1) is 6.04 Å². The van der Waals surface area contributed by atoms with Gasteiger partial charge >= 0.3 is 0 Å². The molecule has 2 rings (SSSR count). The molecule has 1 saturated heterocycles. The van der Waals surface area contributed by atoms with Crippen LogP contribution in [0, 0.1) is 0 Å². The minimum Gasteiger partial charge on any atom is -0.453 e. The predicted octanol–water partition coefficient (Wildman–Crippen LogP) is 3.30. The number of piperidine rings is 1. The number of rotatable bonds is 3. The van der Waals surface area contributed by atoms with Gasteiger partial charge in [0.1, 0.15) is 5.76 Å². The highest BCUT2D eigenvalue weighted by Gasteiger charge is 2.32. The minimum absolute atomic E-state index is 0.296. The quantitative estimate of drug-likeness (QED) is 0.931. The van der Waals surface area contributed by atoms with Gasteiger partial charge in [0, 0.05) is 18.6 Å². The topological polar surface area (TPSA) is 42.4 Å². The van der Waals surface area contributed by atoms with Crippen LogP contribution in [0.15, 0.2) is 21.2 Å². The fourth-order valence-electron chi connectivity index (χ4n) is 2.94. The van der Waals surface area contributed by atoms with E-state index in [4.69, 9.17) is 10.2 Å². The van der Waals surface area contributed by atoms with Crippen molar-refractivity contribution in [2.24, 2.45) is 5.73 Å². The minimum atomic E-state index is 0.296. The van der Waals surface area contributed by atoms with Crippen molar-refractivity contribution in [3.8, 4) is 0 Å². The number of hydrogen-bond acceptors (Lipinski definition) is 3. The van der Waals surface area contributed by atoms with Crippen molar-refractivity contribution in [2.75, 3.05) is 6.54 Å². The van der Waals surface area contributed by atoms with Crippen LogP contribution in [0.1, 0.15) is 44.9 Å². The average molecular weight is 301 g/mol. The van der Waals surface area contributed by atoms with Gasteiger partial charge in [-0.05, 0) is 54.8 Å². The second-order valence-corrected chi connectivity index (χ2v) is 5.72. The zero-order valence-corrected chi connectivity index (χ0v) is 12.1. The Kier molecular flexibility index (Phi) is 4.28. The molecular formula is C13H21BrN2O. The van der Waals surface area contributed by atoms with Crippen LogP contribution in [-0.4, -0.2) is 23.5 Å². The van der Waals surface area contributed by atoms with E-state index < -0.39 is 0 Å². The first kappa shape index (κ1) is 13.1. The fraction of sp³-hybridized carbons (Fsp3) is 0.692. The molecule has 4 heteroatoms. The lowest BCUT2D eigenvalue weighted by atomic mass is 9.94. The van der Waals surface area contributed by atoms with Crippen molar-refractivity contribution in [1.29, 1.82) is 0 Å². The maximum atomic E-state index is 5.90. The zero-order chi connectivity index (χ0) is 12.4. The first-order valence-electron chi connectivity index (χ1n) is 6.36. The highest BCUT2D eigenvalue weighted by molar-refractivity contribution is 9.10. The van der Waals surface area contributed by atoms with Crippen molar-refractivity contribution in [2.45, 2.75) is 51.2 Å². The first-order valence-corrected chi connectivity index (χ1v) is 7.15. The van der Waals surface area contributed by atoms with Crippen LogP contribution in [0.25, 0.3) is 0 Å². The molecule has 1 aromatic rings. The molecule has 3 nitrogen and oxygen atoms in total. The van der Waals surface area contributed by atoms with E-state index in [1.165, 1.54) is 19.3 Å². The fourth-order valence-corrected chi connectivity index (χ4v) is 3.26. The third kappa shape index (κ3) is 2.75. The summed E-state index contributed by atoms with van der Waals surface area (Å²) in [7, 11) is 0. The third-order valence-electron chi connectivity index (χ3n) is 3.81. The summed E-state index contributed by atoms with van der Waals surface area (Å²) in [5.41, 5.74) is 5.90. The van der Waals surface area contributed by atoms with E-state index in [2.05, 4.69) is 34.7 Å². The Balaban J connectivity index is 2.17. The number of nitrogens with two attached hydrogens (primary N) is 1. The van der Waals surface area contributed by atoms with Gasteiger partial charge in [-0.2, -0.15) is 0 Å². The molecule has 1 aromatic heterocycles. The molecule has 0 radical (unpaired) electrons. The summed E-state index contributed by atoms with van der Waals surface area (Å²) in [5.74, 6) is 1.02. The molecule has 1 aliphatic rings. The lowest BCUT2D eigenvalue weighted by molar-refractivity contribution is 0.0473. The van der Waals surface area contributed by atoms with Crippen LogP contribution in [0.2, 0.25) is 0 Å². The number of nitrogens with zero attached hydrogens (tertiary/aromatic N) is 1. The summed E-state index contributed by atoms with van der Waals surface area (Å²) in [6.45, 7) is 5.22. The number of likely N-dealkylation sites (tertiary alicyclic amines) is 1. The molecule has 0 aromatic carbocycles. The molecule has 1 fully saturated rings. The molecule has 0 saturated carbocycles. The van der Waals surface area contributed by atoms with Gasteiger partial charge in [-0.1, -0.05) is 6.42 Å². The molecule has 2 N–H and O–H groups in total. The van der Waals surface area contributed by atoms with E-state index >= 15 is 0 Å². The molecule has 3 unspecified atom stereocenters. The van der Waals surface area contributed by atoms with Crippen LogP contribution in [-0.2, 0) is 0 Å². The summed E-state index contributed by atoms with van der Waals surface area (Å²) in [6, 6.07) is 5.36. The van der Waals surface area contributed by atoms with Gasteiger partial charge < -0.3 is 10.2 Å². The molecule has 96 valence electrons. The molecule has 2 heterocycles. The maximum absolute atomic E-state index is 5.90. The van der Waals surface area contributed by atoms with Crippen molar-refractivity contribution < 1.29 is 4.42 Å². The molecule has 3 atom stereocenters. The summed E-state index contributed by atoms with van der Waals surface area (Å²) in [4.78, 5) is 2.51. The largest absolute Gasteiger partial charge is 0.453 e. The van der Waals surface area contributed by atoms with Crippen LogP contribution >= 0.6 is 15.9 Å². The Labute approximate surface area is 111 Å². The molecule has 1 aliphatic heterocycles. The molecule has 0 aliphatic carbocycles. The number of furan rings is 1. The summed E-state index contributed by atoms with van der Waals surface area (Å²) in [6.07, 6.45) is 3.74. The Hall–Kier alpha value is -0.320. The summed E-state index contributed by atoms with van der Waals surface area (Å²) >= 11 is 3.36. The van der Waals surface area contributed by atoms with Gasteiger partial charge in [-0.25, -0.2) is 0 Å². The van der Waals surface area contributed by atoms with Gasteiger partial charge in [0.2, 0.25) is 0 Å². The van der Waals surface area contributed by atoms with E-state index in [1.54, 1.807) is 0 Å². The smallest absolute Gasteiger partial charge is 0.169 e. The van der Waals surface area contributed by atoms with Gasteiger partial charge in [0.25, 0.3) is 0 Å². The predicted molar refractivity (Wildman–Crippen MR) is 72.8 cm³/mol. The second kappa shape index (κ2) is 5.55. The van der Waals surface area contributed by atoms with E-state index in [-0.39, 0.29) is 0 Å². The normalized spacial score (nSPS) is 28.2. The highest BCUT2D eigenvalue weighted by Crippen LogP contribution is 2.33. The van der Waals surface area contributed by atoms with Crippen LogP contribution in [0.3, 0.4) is 0 Å². The zero-order valence-electron chi connectivity index (χ0n) is 10.5. The van der Waals surface area contributed by atoms with E-state index in [1.807, 2.05) is 12.1 Å². The number of halogens is 1. The van der Waals surface area contributed by atoms with E-state index in [9.17, 15) is 0 Å². The Morgan fingerprint density at radius 1 is 1.53 bits per heavy atom. The van der Waals surface area contributed by atoms with Crippen LogP contribution in [0.4, 0.5) is 0 Å². The third-order valence-corrected chi connectivity index (χ3v) is 4.24. The standard InChI is InChI=1S/C13H21BrN2O/c1-9-4-3-5-11(8-15)16(9)10(2)12-6-7-13(14)17-12/h6-7,9-11H,3-5,8,15H2,1-2H3. The van der Waals surface area contributed by atoms with E-state index in [0.717, 1.165) is 17.0 Å². The van der Waals surface area contributed by atoms with Gasteiger partial charge in [-0.3, -0.25) is 4.90 Å². The second-order valence-electron chi connectivity index (χ2n) is 4.93. The van der Waals surface area contributed by atoms with Crippen molar-refractivity contribution in [3.05, 3.63) is 22.6 Å². The first-order chi connectivity index (χ1) is 8.13. The summed E-state index contributed by atoms with van der Waals surface area (Å²) in [5, 5.41) is 0. The van der Waals surface area contributed by atoms with Gasteiger partial charge in [-0.15, -0.1) is 0 Å². The molecular weight excluding hydrogens is 280 g/mol. The summed E-state index contributed by atoms with van der Waals surface area (Å²) < 4.78 is 6.47. The van der Waals surface area contributed by atoms with Crippen molar-refractivity contribution in [3.63, 3.8) is 0 Å². The lowest BCUT2D eigenvalue weighted by Gasteiger charge is -2.43. The monoisotopic (exact) mass is 300 g/mol. The highest BCUT2D eigenvalue weighted by atomic mass is 79.9. The molecule has 0 spiro atoms. The maximum Gasteiger partial charge on any atom is 0.169 e. The Bertz CT molecular complexity index is 366. The number of hydrogen-bond donors (Lipinski definition) is 1. The molecule has 0 amide bonds. The molecule has 17 heavy (non-hydrogen) atoms. The van der Waals surface area contributed by atoms with Crippen LogP contribution < -0.4 is 5.73 Å². The Morgan fingerprint density at radius 3 is 2.88 bits per heavy atom. The SMILES string of the molecule is CC1CCCC(CN)N1C(C)c1ccc(Br)o1. The van der Waals surface area contributed by atoms with Crippen molar-refractivity contribution in [1.82, 2.24) is 4.90 Å². The van der Waals surface area contributed by atoms with Crippen molar-refractivity contribution >= 4 is 15.9 Å². The molecule has 0 bridgehead atoms. The average Bonchev–Trinajstić information content (AvgIpc) is 2.74. The van der Waals surface area contributed by atoms with Crippen LogP contribution in [0.5, 0.6) is 0 Å².